The molecule has 4 atom stereocenters. The first-order valence-corrected chi connectivity index (χ1v) is 5.93. The molecule has 10 heteroatoms. The van der Waals surface area contributed by atoms with Crippen LogP contribution in [0.3, 0.4) is 0 Å². The summed E-state index contributed by atoms with van der Waals surface area (Å²) in [7, 11) is 0. The smallest absolute Gasteiger partial charge is 0.263 e. The van der Waals surface area contributed by atoms with Crippen molar-refractivity contribution in [1.82, 2.24) is 9.55 Å². The molecular weight excluding hydrogens is 299 g/mol. The zero-order valence-electron chi connectivity index (χ0n) is 10.3. The van der Waals surface area contributed by atoms with Gasteiger partial charge in [-0.1, -0.05) is 0 Å². The molecule has 0 amide bonds. The van der Waals surface area contributed by atoms with E-state index in [0.29, 0.717) is 10.8 Å². The van der Waals surface area contributed by atoms with Crippen molar-refractivity contribution < 1.29 is 28.1 Å². The third-order valence-corrected chi connectivity index (χ3v) is 3.44. The Morgan fingerprint density at radius 1 is 1.60 bits per heavy atom. The van der Waals surface area contributed by atoms with Gasteiger partial charge in [-0.3, -0.25) is 4.57 Å². The van der Waals surface area contributed by atoms with E-state index >= 15 is 0 Å². The maximum atomic E-state index is 14.5. The summed E-state index contributed by atoms with van der Waals surface area (Å²) in [5.41, 5.74) is 2.53. The van der Waals surface area contributed by atoms with Crippen LogP contribution in [0.15, 0.2) is 6.20 Å². The molecule has 6 nitrogen and oxygen atoms in total. The molecule has 0 aromatic carbocycles. The van der Waals surface area contributed by atoms with E-state index in [9.17, 15) is 18.3 Å². The number of alkyl halides is 2. The largest absolute Gasteiger partial charge is 0.390 e. The molecule has 2 heterocycles. The van der Waals surface area contributed by atoms with E-state index < -0.39 is 42.1 Å². The minimum atomic E-state index is -3.03. The van der Waals surface area contributed by atoms with Gasteiger partial charge in [-0.2, -0.15) is 4.98 Å². The van der Waals surface area contributed by atoms with Gasteiger partial charge in [-0.25, -0.2) is 13.2 Å². The highest BCUT2D eigenvalue weighted by atomic mass is 32.1. The number of aliphatic hydroxyl groups excluding tert-OH is 2. The normalized spacial score (nSPS) is 37.3. The minimum absolute atomic E-state index is 0.354. The van der Waals surface area contributed by atoms with Crippen molar-refractivity contribution in [3.05, 3.63) is 16.8 Å². The Bertz CT molecular complexity index is 597. The first-order chi connectivity index (χ1) is 9.13. The van der Waals surface area contributed by atoms with Crippen LogP contribution in [0.5, 0.6) is 0 Å². The van der Waals surface area contributed by atoms with E-state index in [2.05, 4.69) is 4.98 Å². The van der Waals surface area contributed by atoms with Gasteiger partial charge >= 0.3 is 0 Å². The predicted octanol–water partition coefficient (Wildman–Crippen LogP) is 0.610. The topological polar surface area (TPSA) is 93.5 Å². The van der Waals surface area contributed by atoms with Crippen LogP contribution < -0.4 is 5.73 Å². The Kier molecular flexibility index (Phi) is 3.53. The number of nitrogens with two attached hydrogens (primary N) is 1. The SMILES string of the molecule is CC1(F)[C@@H](O)[C@@](F)(CO)O[C@H]1n1cc(F)c(N)nc1=S. The standard InChI is InChI=1S/C10H12F3N3O3S/c1-9(12)6(18)10(13,3-17)19-7(9)16-2-4(11)5(14)15-8(16)20/h2,6-7,17-18H,3H2,1H3,(H2,14,15,20)/t6-,7-,9?,10-/m1/s1. The lowest BCUT2D eigenvalue weighted by atomic mass is 9.97. The van der Waals surface area contributed by atoms with E-state index in [0.717, 1.165) is 6.92 Å². The highest BCUT2D eigenvalue weighted by Crippen LogP contribution is 2.47. The fourth-order valence-electron chi connectivity index (χ4n) is 2.00. The fraction of sp³-hybridized carbons (Fsp3) is 0.600. The first-order valence-electron chi connectivity index (χ1n) is 5.52. The van der Waals surface area contributed by atoms with Crippen LogP contribution in [0.4, 0.5) is 19.0 Å². The Hall–Kier alpha value is -1.23. The van der Waals surface area contributed by atoms with Crippen LogP contribution in [0.25, 0.3) is 0 Å². The molecule has 1 aromatic heterocycles. The molecule has 0 spiro atoms. The number of nitrogens with zero attached hydrogens (tertiary/aromatic N) is 2. The summed E-state index contributed by atoms with van der Waals surface area (Å²) in [5.74, 6) is -4.53. The van der Waals surface area contributed by atoms with Gasteiger partial charge in [0.25, 0.3) is 5.85 Å². The Labute approximate surface area is 116 Å². The van der Waals surface area contributed by atoms with Gasteiger partial charge < -0.3 is 20.7 Å². The Morgan fingerprint density at radius 2 is 2.20 bits per heavy atom. The summed E-state index contributed by atoms with van der Waals surface area (Å²) in [6, 6.07) is 0. The number of nitrogen functional groups attached to an aromatic ring is 1. The molecule has 2 rings (SSSR count). The van der Waals surface area contributed by atoms with Crippen LogP contribution in [0.1, 0.15) is 13.2 Å². The van der Waals surface area contributed by atoms with Crippen molar-refractivity contribution in [2.24, 2.45) is 0 Å². The van der Waals surface area contributed by atoms with Gasteiger partial charge in [-0.15, -0.1) is 0 Å². The van der Waals surface area contributed by atoms with Gasteiger partial charge in [0.1, 0.15) is 6.61 Å². The molecule has 1 aliphatic heterocycles. The van der Waals surface area contributed by atoms with Crippen molar-refractivity contribution in [3.63, 3.8) is 0 Å². The Morgan fingerprint density at radius 3 is 2.70 bits per heavy atom. The van der Waals surface area contributed by atoms with E-state index in [-0.39, 0.29) is 4.77 Å². The molecular formula is C10H12F3N3O3S. The molecule has 1 unspecified atom stereocenters. The lowest BCUT2D eigenvalue weighted by Gasteiger charge is -2.25. The molecule has 1 aliphatic rings. The van der Waals surface area contributed by atoms with Crippen LogP contribution in [-0.4, -0.2) is 44.0 Å². The van der Waals surface area contributed by atoms with E-state index in [1.54, 1.807) is 0 Å². The molecule has 0 aliphatic carbocycles. The maximum Gasteiger partial charge on any atom is 0.263 e. The lowest BCUT2D eigenvalue weighted by molar-refractivity contribution is -0.207. The van der Waals surface area contributed by atoms with E-state index in [1.807, 2.05) is 0 Å². The molecule has 1 fully saturated rings. The number of halogens is 3. The Balaban J connectivity index is 2.54. The van der Waals surface area contributed by atoms with Crippen LogP contribution in [-0.2, 0) is 4.74 Å². The zero-order valence-corrected chi connectivity index (χ0v) is 11.1. The summed E-state index contributed by atoms with van der Waals surface area (Å²) >= 11 is 4.78. The van der Waals surface area contributed by atoms with E-state index in [4.69, 9.17) is 27.8 Å². The molecule has 20 heavy (non-hydrogen) atoms. The molecule has 4 N–H and O–H groups in total. The highest BCUT2D eigenvalue weighted by Gasteiger charge is 2.64. The molecule has 0 bridgehead atoms. The third kappa shape index (κ3) is 2.08. The number of aliphatic hydroxyl groups is 2. The number of rotatable bonds is 2. The van der Waals surface area contributed by atoms with Crippen molar-refractivity contribution >= 4 is 18.0 Å². The quantitative estimate of drug-likeness (QED) is 0.693. The van der Waals surface area contributed by atoms with Crippen molar-refractivity contribution in [3.8, 4) is 0 Å². The average molecular weight is 311 g/mol. The van der Waals surface area contributed by atoms with Gasteiger partial charge in [0.15, 0.2) is 29.6 Å². The van der Waals surface area contributed by atoms with Gasteiger partial charge in [0.05, 0.1) is 0 Å². The van der Waals surface area contributed by atoms with Gasteiger partial charge in [-0.05, 0) is 19.1 Å². The molecule has 1 saturated heterocycles. The zero-order chi connectivity index (χ0) is 15.3. The van der Waals surface area contributed by atoms with Crippen molar-refractivity contribution in [2.75, 3.05) is 12.3 Å². The number of hydrogen-bond acceptors (Lipinski definition) is 6. The van der Waals surface area contributed by atoms with Crippen LogP contribution in [0.2, 0.25) is 0 Å². The van der Waals surface area contributed by atoms with Crippen molar-refractivity contribution in [1.29, 1.82) is 0 Å². The van der Waals surface area contributed by atoms with E-state index in [1.165, 1.54) is 0 Å². The summed E-state index contributed by atoms with van der Waals surface area (Å²) in [6.45, 7) is -0.433. The number of aromatic nitrogens is 2. The summed E-state index contributed by atoms with van der Waals surface area (Å²) in [4.78, 5) is 3.45. The first kappa shape index (κ1) is 15.2. The van der Waals surface area contributed by atoms with Crippen molar-refractivity contribution in [2.45, 2.75) is 30.8 Å². The summed E-state index contributed by atoms with van der Waals surface area (Å²) in [6.07, 6.45) is -3.39. The number of hydrogen-bond donors (Lipinski definition) is 3. The third-order valence-electron chi connectivity index (χ3n) is 3.14. The van der Waals surface area contributed by atoms with Gasteiger partial charge in [0.2, 0.25) is 4.77 Å². The summed E-state index contributed by atoms with van der Waals surface area (Å²) in [5, 5.41) is 18.5. The number of anilines is 1. The van der Waals surface area contributed by atoms with Crippen LogP contribution in [0, 0.1) is 10.6 Å². The average Bonchev–Trinajstić information content (AvgIpc) is 2.56. The number of ether oxygens (including phenoxy) is 1. The fourth-order valence-corrected chi connectivity index (χ4v) is 2.25. The van der Waals surface area contributed by atoms with Crippen LogP contribution >= 0.6 is 12.2 Å². The maximum absolute atomic E-state index is 14.5. The second-order valence-electron chi connectivity index (χ2n) is 4.63. The molecule has 0 saturated carbocycles. The predicted molar refractivity (Wildman–Crippen MR) is 64.0 cm³/mol. The highest BCUT2D eigenvalue weighted by molar-refractivity contribution is 7.71. The minimum Gasteiger partial charge on any atom is -0.390 e. The molecule has 1 aromatic rings. The van der Waals surface area contributed by atoms with Gasteiger partial charge in [0, 0.05) is 6.20 Å². The summed E-state index contributed by atoms with van der Waals surface area (Å²) < 4.78 is 46.9. The monoisotopic (exact) mass is 311 g/mol. The molecule has 112 valence electrons. The molecule has 0 radical (unpaired) electrons. The second kappa shape index (κ2) is 4.65. The lowest BCUT2D eigenvalue weighted by Crippen LogP contribution is -2.46. The second-order valence-corrected chi connectivity index (χ2v) is 5.00.